The molecule has 9 aromatic carbocycles. The first kappa shape index (κ1) is 35.5. The van der Waals surface area contributed by atoms with Gasteiger partial charge in [-0.15, -0.1) is 0 Å². The van der Waals surface area contributed by atoms with Crippen LogP contribution in [0.25, 0.3) is 117 Å². The van der Waals surface area contributed by atoms with Gasteiger partial charge < -0.3 is 8.98 Å². The maximum Gasteiger partial charge on any atom is 0.164 e. The predicted octanol–water partition coefficient (Wildman–Crippen LogP) is 14.9. The predicted molar refractivity (Wildman–Crippen MR) is 254 cm³/mol. The van der Waals surface area contributed by atoms with Crippen molar-refractivity contribution in [3.05, 3.63) is 218 Å². The molecule has 0 spiro atoms. The van der Waals surface area contributed by atoms with E-state index >= 15 is 0 Å². The van der Waals surface area contributed by atoms with Gasteiger partial charge in [0, 0.05) is 55.0 Å². The molecule has 0 aliphatic carbocycles. The van der Waals surface area contributed by atoms with Crippen LogP contribution in [0.1, 0.15) is 0 Å². The largest absolute Gasteiger partial charge is 0.455 e. The maximum absolute atomic E-state index is 6.59. The van der Waals surface area contributed by atoms with Crippen molar-refractivity contribution in [2.75, 3.05) is 0 Å². The van der Waals surface area contributed by atoms with Gasteiger partial charge in [-0.2, -0.15) is 0 Å². The van der Waals surface area contributed by atoms with E-state index in [9.17, 15) is 0 Å². The third-order valence-electron chi connectivity index (χ3n) is 11.9. The van der Waals surface area contributed by atoms with Gasteiger partial charge in [0.2, 0.25) is 0 Å². The van der Waals surface area contributed by atoms with Crippen LogP contribution < -0.4 is 0 Å². The summed E-state index contributed by atoms with van der Waals surface area (Å²) in [4.78, 5) is 15.2. The Morgan fingerprint density at radius 1 is 0.323 bits per heavy atom. The van der Waals surface area contributed by atoms with E-state index in [4.69, 9.17) is 19.4 Å². The molecule has 0 N–H and O–H groups in total. The van der Waals surface area contributed by atoms with E-state index in [1.807, 2.05) is 48.5 Å². The Morgan fingerprint density at radius 2 is 0.823 bits per heavy atom. The van der Waals surface area contributed by atoms with Crippen LogP contribution in [0, 0.1) is 0 Å². The van der Waals surface area contributed by atoms with E-state index < -0.39 is 0 Å². The molecule has 5 heteroatoms. The zero-order chi connectivity index (χ0) is 41.0. The number of nitrogens with zero attached hydrogens (tertiary/aromatic N) is 4. The van der Waals surface area contributed by atoms with E-state index in [1.54, 1.807) is 0 Å². The van der Waals surface area contributed by atoms with Crippen LogP contribution in [0.3, 0.4) is 0 Å². The molecule has 0 radical (unpaired) electrons. The first-order valence-corrected chi connectivity index (χ1v) is 20.8. The van der Waals surface area contributed by atoms with Crippen molar-refractivity contribution < 1.29 is 4.42 Å². The second-order valence-electron chi connectivity index (χ2n) is 15.6. The summed E-state index contributed by atoms with van der Waals surface area (Å²) in [6, 6.07) is 76.3. The Hall–Kier alpha value is -8.41. The van der Waals surface area contributed by atoms with Gasteiger partial charge in [-0.1, -0.05) is 188 Å². The van der Waals surface area contributed by atoms with E-state index in [-0.39, 0.29) is 0 Å². The van der Waals surface area contributed by atoms with Gasteiger partial charge in [0.1, 0.15) is 11.2 Å². The fourth-order valence-corrected chi connectivity index (χ4v) is 8.92. The lowest BCUT2D eigenvalue weighted by Crippen LogP contribution is -2.00. The molecule has 12 rings (SSSR count). The molecule has 62 heavy (non-hydrogen) atoms. The highest BCUT2D eigenvalue weighted by molar-refractivity contribution is 6.17. The maximum atomic E-state index is 6.59. The van der Waals surface area contributed by atoms with Gasteiger partial charge in [-0.3, -0.25) is 0 Å². The highest BCUT2D eigenvalue weighted by Gasteiger charge is 2.20. The number of para-hydroxylation sites is 4. The van der Waals surface area contributed by atoms with Crippen LogP contribution in [0.4, 0.5) is 0 Å². The first-order valence-electron chi connectivity index (χ1n) is 20.8. The number of benzene rings is 9. The van der Waals surface area contributed by atoms with Crippen molar-refractivity contribution in [3.8, 4) is 73.2 Å². The molecule has 0 aliphatic heterocycles. The quantitative estimate of drug-likeness (QED) is 0.161. The minimum Gasteiger partial charge on any atom is -0.455 e. The van der Waals surface area contributed by atoms with Crippen LogP contribution in [0.2, 0.25) is 0 Å². The van der Waals surface area contributed by atoms with Crippen molar-refractivity contribution in [2.45, 2.75) is 0 Å². The van der Waals surface area contributed by atoms with Crippen molar-refractivity contribution in [3.63, 3.8) is 0 Å². The fourth-order valence-electron chi connectivity index (χ4n) is 8.92. The van der Waals surface area contributed by atoms with Crippen LogP contribution in [0.15, 0.2) is 223 Å². The number of hydrogen-bond acceptors (Lipinski definition) is 4. The normalized spacial score (nSPS) is 11.5. The Labute approximate surface area is 357 Å². The van der Waals surface area contributed by atoms with Gasteiger partial charge in [0.05, 0.1) is 11.0 Å². The van der Waals surface area contributed by atoms with Gasteiger partial charge in [0.15, 0.2) is 17.5 Å². The smallest absolute Gasteiger partial charge is 0.164 e. The molecule has 0 amide bonds. The molecule has 0 aliphatic rings. The first-order chi connectivity index (χ1) is 30.7. The molecule has 0 saturated heterocycles. The molecule has 12 aromatic rings. The van der Waals surface area contributed by atoms with E-state index in [0.29, 0.717) is 17.5 Å². The summed E-state index contributed by atoms with van der Waals surface area (Å²) < 4.78 is 9.00. The lowest BCUT2D eigenvalue weighted by molar-refractivity contribution is 0.670. The van der Waals surface area contributed by atoms with Crippen molar-refractivity contribution in [2.24, 2.45) is 0 Å². The number of aromatic nitrogens is 4. The third-order valence-corrected chi connectivity index (χ3v) is 11.9. The van der Waals surface area contributed by atoms with Gasteiger partial charge >= 0.3 is 0 Å². The molecule has 3 heterocycles. The van der Waals surface area contributed by atoms with Crippen LogP contribution in [0.5, 0.6) is 0 Å². The van der Waals surface area contributed by atoms with Crippen LogP contribution in [-0.4, -0.2) is 19.5 Å². The molecule has 0 unspecified atom stereocenters. The average molecular weight is 793 g/mol. The number of furan rings is 1. The monoisotopic (exact) mass is 792 g/mol. The molecule has 0 fully saturated rings. The minimum atomic E-state index is 0.616. The Kier molecular flexibility index (Phi) is 8.42. The minimum absolute atomic E-state index is 0.616. The molecule has 5 nitrogen and oxygen atoms in total. The standard InChI is InChI=1S/C57H36N4O/c1-3-15-37(16-4-1)38-31-33-40(34-32-38)56-58-55(39-17-5-2-6-18-39)59-57(60-56)43-21-11-19-41(35-43)42-20-12-22-44(36-42)61-51-29-9-7-23-45(51)47-25-13-26-48(53(47)61)50-28-14-27-49-46-24-8-10-30-52(46)62-54(49)50/h1-36H. The SMILES string of the molecule is c1ccc(-c2ccc(-c3nc(-c4ccccc4)nc(-c4cccc(-c5cccc(-n6c7ccccc7c7cccc(-c8cccc9c8oc8ccccc89)c76)c5)c4)n3)cc2)cc1. The molecule has 0 bridgehead atoms. The van der Waals surface area contributed by atoms with Crippen molar-refractivity contribution in [1.29, 1.82) is 0 Å². The van der Waals surface area contributed by atoms with E-state index in [1.165, 1.54) is 16.3 Å². The number of fused-ring (bicyclic) bond motifs is 6. The summed E-state index contributed by atoms with van der Waals surface area (Å²) in [5, 5.41) is 4.62. The lowest BCUT2D eigenvalue weighted by Gasteiger charge is -2.14. The summed E-state index contributed by atoms with van der Waals surface area (Å²) in [6.45, 7) is 0. The summed E-state index contributed by atoms with van der Waals surface area (Å²) in [6.07, 6.45) is 0. The number of rotatable bonds is 7. The second kappa shape index (κ2) is 14.7. The second-order valence-corrected chi connectivity index (χ2v) is 15.6. The lowest BCUT2D eigenvalue weighted by atomic mass is 9.99. The van der Waals surface area contributed by atoms with Gasteiger partial charge in [-0.25, -0.2) is 15.0 Å². The van der Waals surface area contributed by atoms with E-state index in [2.05, 4.69) is 174 Å². The van der Waals surface area contributed by atoms with Crippen LogP contribution in [-0.2, 0) is 0 Å². The molecule has 290 valence electrons. The number of hydrogen-bond donors (Lipinski definition) is 0. The fraction of sp³-hybridized carbons (Fsp3) is 0. The van der Waals surface area contributed by atoms with Crippen molar-refractivity contribution in [1.82, 2.24) is 19.5 Å². The van der Waals surface area contributed by atoms with Gasteiger partial charge in [-0.05, 0) is 52.6 Å². The molecular weight excluding hydrogens is 757 g/mol. The topological polar surface area (TPSA) is 56.7 Å². The highest BCUT2D eigenvalue weighted by Crippen LogP contribution is 2.42. The third kappa shape index (κ3) is 6.06. The summed E-state index contributed by atoms with van der Waals surface area (Å²) in [5.74, 6) is 1.87. The Morgan fingerprint density at radius 3 is 1.60 bits per heavy atom. The molecule has 3 aromatic heterocycles. The van der Waals surface area contributed by atoms with Gasteiger partial charge in [0.25, 0.3) is 0 Å². The van der Waals surface area contributed by atoms with Crippen LogP contribution >= 0.6 is 0 Å². The zero-order valence-corrected chi connectivity index (χ0v) is 33.5. The highest BCUT2D eigenvalue weighted by atomic mass is 16.3. The Balaban J connectivity index is 0.983. The average Bonchev–Trinajstić information content (AvgIpc) is 3.91. The summed E-state index contributed by atoms with van der Waals surface area (Å²) in [7, 11) is 0. The molecule has 0 atom stereocenters. The zero-order valence-electron chi connectivity index (χ0n) is 33.5. The summed E-state index contributed by atoms with van der Waals surface area (Å²) in [5.41, 5.74) is 14.5. The Bertz CT molecular complexity index is 3630. The van der Waals surface area contributed by atoms with Crippen molar-refractivity contribution >= 4 is 43.7 Å². The molecule has 0 saturated carbocycles. The molecular formula is C57H36N4O. The van der Waals surface area contributed by atoms with E-state index in [0.717, 1.165) is 83.2 Å². The summed E-state index contributed by atoms with van der Waals surface area (Å²) >= 11 is 0.